The fourth-order valence-electron chi connectivity index (χ4n) is 3.88. The molecule has 2 heterocycles. The summed E-state index contributed by atoms with van der Waals surface area (Å²) in [5, 5.41) is 2.89. The minimum Gasteiger partial charge on any atom is -0.443 e. The van der Waals surface area contributed by atoms with Gasteiger partial charge in [0.05, 0.1) is 5.56 Å². The number of aryl methyl sites for hydroxylation is 1. The van der Waals surface area contributed by atoms with Crippen molar-refractivity contribution in [3.63, 3.8) is 0 Å². The lowest BCUT2D eigenvalue weighted by molar-refractivity contribution is 0.0761. The molecule has 1 aliphatic rings. The summed E-state index contributed by atoms with van der Waals surface area (Å²) < 4.78 is 5.60. The number of likely N-dealkylation sites (tertiary alicyclic amines) is 1. The molecule has 2 aromatic carbocycles. The number of carbonyl (C=O) groups is 2. The Morgan fingerprint density at radius 2 is 1.71 bits per heavy atom. The first-order chi connectivity index (χ1) is 15.1. The topological polar surface area (TPSA) is 75.4 Å². The van der Waals surface area contributed by atoms with Gasteiger partial charge >= 0.3 is 0 Å². The Hall–Kier alpha value is -3.41. The summed E-state index contributed by atoms with van der Waals surface area (Å²) in [6.45, 7) is 3.93. The van der Waals surface area contributed by atoms with E-state index in [0.29, 0.717) is 23.4 Å². The molecule has 0 bridgehead atoms. The van der Waals surface area contributed by atoms with Crippen molar-refractivity contribution in [3.8, 4) is 11.3 Å². The smallest absolute Gasteiger partial charge is 0.274 e. The summed E-state index contributed by atoms with van der Waals surface area (Å²) >= 11 is 0. The van der Waals surface area contributed by atoms with Crippen LogP contribution in [0.2, 0.25) is 0 Å². The van der Waals surface area contributed by atoms with Crippen molar-refractivity contribution in [1.82, 2.24) is 15.2 Å². The summed E-state index contributed by atoms with van der Waals surface area (Å²) in [5.41, 5.74) is 3.48. The Balaban J connectivity index is 1.56. The third-order valence-corrected chi connectivity index (χ3v) is 5.65. The van der Waals surface area contributed by atoms with Gasteiger partial charge in [0.25, 0.3) is 11.8 Å². The molecule has 160 valence electrons. The molecule has 6 heteroatoms. The van der Waals surface area contributed by atoms with Crippen LogP contribution in [0.4, 0.5) is 0 Å². The fourth-order valence-corrected chi connectivity index (χ4v) is 3.88. The van der Waals surface area contributed by atoms with Crippen LogP contribution in [0.3, 0.4) is 0 Å². The van der Waals surface area contributed by atoms with E-state index in [-0.39, 0.29) is 17.5 Å². The maximum Gasteiger partial charge on any atom is 0.274 e. The molecule has 0 atom stereocenters. The van der Waals surface area contributed by atoms with Crippen LogP contribution in [0.1, 0.15) is 57.7 Å². The van der Waals surface area contributed by atoms with Crippen molar-refractivity contribution in [2.24, 2.45) is 0 Å². The number of nitrogens with one attached hydrogen (secondary N) is 1. The third kappa shape index (κ3) is 4.85. The molecule has 3 aromatic rings. The van der Waals surface area contributed by atoms with Crippen LogP contribution in [0.15, 0.2) is 59.3 Å². The highest BCUT2D eigenvalue weighted by Gasteiger charge is 2.25. The van der Waals surface area contributed by atoms with E-state index in [4.69, 9.17) is 4.42 Å². The second-order valence-corrected chi connectivity index (χ2v) is 7.95. The summed E-state index contributed by atoms with van der Waals surface area (Å²) in [6.07, 6.45) is 5.59. The molecule has 31 heavy (non-hydrogen) atoms. The van der Waals surface area contributed by atoms with E-state index in [0.717, 1.165) is 44.3 Å². The van der Waals surface area contributed by atoms with Gasteiger partial charge in [-0.25, -0.2) is 4.98 Å². The van der Waals surface area contributed by atoms with E-state index in [1.165, 1.54) is 12.0 Å². The molecule has 1 aromatic heterocycles. The van der Waals surface area contributed by atoms with Gasteiger partial charge in [0.15, 0.2) is 17.8 Å². The maximum absolute atomic E-state index is 13.3. The minimum atomic E-state index is -0.332. The Labute approximate surface area is 182 Å². The van der Waals surface area contributed by atoms with Crippen molar-refractivity contribution < 1.29 is 14.0 Å². The van der Waals surface area contributed by atoms with E-state index in [1.54, 1.807) is 6.07 Å². The third-order valence-electron chi connectivity index (χ3n) is 5.65. The van der Waals surface area contributed by atoms with Crippen LogP contribution in [0.5, 0.6) is 0 Å². The molecule has 0 radical (unpaired) electrons. The predicted octanol–water partition coefficient (Wildman–Crippen LogP) is 4.60. The molecule has 0 spiro atoms. The highest BCUT2D eigenvalue weighted by Crippen LogP contribution is 2.28. The lowest BCUT2D eigenvalue weighted by atomic mass is 10.0. The Kier molecular flexibility index (Phi) is 6.46. The number of rotatable bonds is 5. The largest absolute Gasteiger partial charge is 0.443 e. The molecular weight excluding hydrogens is 390 g/mol. The average molecular weight is 418 g/mol. The molecule has 6 nitrogen and oxygen atoms in total. The van der Waals surface area contributed by atoms with Crippen molar-refractivity contribution in [3.05, 3.63) is 77.3 Å². The SMILES string of the molecule is Cc1ccc(CNC(=O)c2ncoc2-c2ccccc2C(=O)N2CCCCCC2)cc1. The number of hydrogen-bond donors (Lipinski definition) is 1. The van der Waals surface area contributed by atoms with Gasteiger partial charge in [-0.1, -0.05) is 60.9 Å². The van der Waals surface area contributed by atoms with E-state index in [2.05, 4.69) is 10.3 Å². The zero-order valence-corrected chi connectivity index (χ0v) is 17.8. The van der Waals surface area contributed by atoms with Gasteiger partial charge in [-0.2, -0.15) is 0 Å². The molecule has 0 aliphatic carbocycles. The monoisotopic (exact) mass is 417 g/mol. The van der Waals surface area contributed by atoms with Crippen molar-refractivity contribution >= 4 is 11.8 Å². The number of benzene rings is 2. The zero-order chi connectivity index (χ0) is 21.6. The molecule has 1 aliphatic heterocycles. The highest BCUT2D eigenvalue weighted by atomic mass is 16.3. The van der Waals surface area contributed by atoms with Gasteiger partial charge in [0.1, 0.15) is 0 Å². The van der Waals surface area contributed by atoms with E-state index in [1.807, 2.05) is 54.3 Å². The molecular formula is C25H27N3O3. The summed E-state index contributed by atoms with van der Waals surface area (Å²) in [5.74, 6) is -0.0403. The van der Waals surface area contributed by atoms with Crippen LogP contribution in [0.25, 0.3) is 11.3 Å². The van der Waals surface area contributed by atoms with Gasteiger partial charge in [0.2, 0.25) is 0 Å². The predicted molar refractivity (Wildman–Crippen MR) is 119 cm³/mol. The Morgan fingerprint density at radius 3 is 2.45 bits per heavy atom. The molecule has 0 saturated carbocycles. The van der Waals surface area contributed by atoms with E-state index < -0.39 is 0 Å². The van der Waals surface area contributed by atoms with Crippen LogP contribution < -0.4 is 5.32 Å². The van der Waals surface area contributed by atoms with Gasteiger partial charge in [0, 0.05) is 25.2 Å². The van der Waals surface area contributed by atoms with Crippen molar-refractivity contribution in [2.75, 3.05) is 13.1 Å². The normalized spacial score (nSPS) is 14.2. The zero-order valence-electron chi connectivity index (χ0n) is 17.8. The van der Waals surface area contributed by atoms with Crippen LogP contribution in [-0.4, -0.2) is 34.8 Å². The van der Waals surface area contributed by atoms with Gasteiger partial charge < -0.3 is 14.6 Å². The first-order valence-electron chi connectivity index (χ1n) is 10.8. The Bertz CT molecular complexity index is 1050. The molecule has 1 N–H and O–H groups in total. The van der Waals surface area contributed by atoms with Crippen molar-refractivity contribution in [1.29, 1.82) is 0 Å². The first kappa shape index (κ1) is 20.8. The van der Waals surface area contributed by atoms with E-state index in [9.17, 15) is 9.59 Å². The highest BCUT2D eigenvalue weighted by molar-refractivity contribution is 6.04. The van der Waals surface area contributed by atoms with Gasteiger partial charge in [-0.05, 0) is 31.4 Å². The first-order valence-corrected chi connectivity index (χ1v) is 10.8. The number of oxazole rings is 1. The second-order valence-electron chi connectivity index (χ2n) is 7.95. The lowest BCUT2D eigenvalue weighted by Gasteiger charge is -2.21. The van der Waals surface area contributed by atoms with Gasteiger partial charge in [-0.15, -0.1) is 0 Å². The lowest BCUT2D eigenvalue weighted by Crippen LogP contribution is -2.32. The number of hydrogen-bond acceptors (Lipinski definition) is 4. The average Bonchev–Trinajstić information content (AvgIpc) is 3.13. The quantitative estimate of drug-likeness (QED) is 0.658. The number of aromatic nitrogens is 1. The van der Waals surface area contributed by atoms with E-state index >= 15 is 0 Å². The standard InChI is InChI=1S/C25H27N3O3/c1-18-10-12-19(13-11-18)16-26-24(29)22-23(31-17-27-22)20-8-4-5-9-21(20)25(30)28-14-6-2-3-7-15-28/h4-5,8-13,17H,2-3,6-7,14-16H2,1H3,(H,26,29). The Morgan fingerprint density at radius 1 is 1.00 bits per heavy atom. The molecule has 1 saturated heterocycles. The molecule has 2 amide bonds. The minimum absolute atomic E-state index is 0.0279. The van der Waals surface area contributed by atoms with Crippen LogP contribution in [-0.2, 0) is 6.54 Å². The van der Waals surface area contributed by atoms with Crippen LogP contribution >= 0.6 is 0 Å². The number of amides is 2. The summed E-state index contributed by atoms with van der Waals surface area (Å²) in [7, 11) is 0. The number of carbonyl (C=O) groups excluding carboxylic acids is 2. The summed E-state index contributed by atoms with van der Waals surface area (Å²) in [6, 6.07) is 15.2. The molecule has 1 fully saturated rings. The van der Waals surface area contributed by atoms with Gasteiger partial charge in [-0.3, -0.25) is 9.59 Å². The number of nitrogens with zero attached hydrogens (tertiary/aromatic N) is 2. The van der Waals surface area contributed by atoms with Crippen molar-refractivity contribution in [2.45, 2.75) is 39.2 Å². The molecule has 0 unspecified atom stereocenters. The fraction of sp³-hybridized carbons (Fsp3) is 0.320. The maximum atomic E-state index is 13.3. The summed E-state index contributed by atoms with van der Waals surface area (Å²) in [4.78, 5) is 32.1. The van der Waals surface area contributed by atoms with Crippen LogP contribution in [0, 0.1) is 6.92 Å². The molecule has 4 rings (SSSR count). The second kappa shape index (κ2) is 9.60.